The minimum Gasteiger partial charge on any atom is -0.382 e. The number of nitrogens with two attached hydrogens (primary N) is 1. The highest BCUT2D eigenvalue weighted by atomic mass is 16.1. The summed E-state index contributed by atoms with van der Waals surface area (Å²) in [6, 6.07) is 24.2. The first kappa shape index (κ1) is 21.0. The zero-order valence-electron chi connectivity index (χ0n) is 18.1. The number of carbonyl (C=O) groups is 1. The summed E-state index contributed by atoms with van der Waals surface area (Å²) < 4.78 is 0. The molecular formula is C26H21N7O. The van der Waals surface area contributed by atoms with Gasteiger partial charge in [-0.25, -0.2) is 4.98 Å². The molecule has 1 amide bonds. The van der Waals surface area contributed by atoms with E-state index in [1.54, 1.807) is 36.5 Å². The van der Waals surface area contributed by atoms with Gasteiger partial charge in [-0.05, 0) is 47.9 Å². The van der Waals surface area contributed by atoms with Gasteiger partial charge < -0.3 is 16.0 Å². The number of nitriles is 1. The minimum absolute atomic E-state index is 0.229. The van der Waals surface area contributed by atoms with Crippen LogP contribution in [0.5, 0.6) is 0 Å². The molecule has 34 heavy (non-hydrogen) atoms. The van der Waals surface area contributed by atoms with Crippen LogP contribution in [-0.2, 0) is 6.42 Å². The SMILES string of the molecule is N#Cc1ccc(-c2cnc([C@H](Cc3ccccc3)NC(=O)c3ccc4c(N)n[nH]c4c3)[nH]2)cc1. The average Bonchev–Trinajstić information content (AvgIpc) is 3.51. The van der Waals surface area contributed by atoms with Crippen molar-refractivity contribution in [2.75, 3.05) is 5.73 Å². The number of aromatic amines is 2. The highest BCUT2D eigenvalue weighted by Gasteiger charge is 2.20. The molecule has 1 atom stereocenters. The van der Waals surface area contributed by atoms with Crippen molar-refractivity contribution in [1.82, 2.24) is 25.5 Å². The summed E-state index contributed by atoms with van der Waals surface area (Å²) in [5, 5.41) is 19.8. The maximum atomic E-state index is 13.2. The van der Waals surface area contributed by atoms with Crippen molar-refractivity contribution in [1.29, 1.82) is 5.26 Å². The number of nitrogens with zero attached hydrogens (tertiary/aromatic N) is 3. The molecule has 0 fully saturated rings. The van der Waals surface area contributed by atoms with E-state index in [9.17, 15) is 4.79 Å². The molecule has 0 aliphatic carbocycles. The van der Waals surface area contributed by atoms with Gasteiger partial charge in [0.25, 0.3) is 5.91 Å². The monoisotopic (exact) mass is 447 g/mol. The van der Waals surface area contributed by atoms with Gasteiger partial charge in [-0.1, -0.05) is 42.5 Å². The van der Waals surface area contributed by atoms with E-state index in [1.165, 1.54) is 0 Å². The molecule has 8 nitrogen and oxygen atoms in total. The topological polar surface area (TPSA) is 136 Å². The molecule has 166 valence electrons. The Kier molecular flexibility index (Phi) is 5.50. The van der Waals surface area contributed by atoms with Crippen LogP contribution in [0.2, 0.25) is 0 Å². The number of nitrogens with one attached hydrogen (secondary N) is 3. The van der Waals surface area contributed by atoms with Crippen LogP contribution in [0.15, 0.2) is 79.0 Å². The van der Waals surface area contributed by atoms with Crippen molar-refractivity contribution in [3.8, 4) is 17.3 Å². The Morgan fingerprint density at radius 2 is 1.88 bits per heavy atom. The lowest BCUT2D eigenvalue weighted by molar-refractivity contribution is 0.0935. The van der Waals surface area contributed by atoms with Crippen LogP contribution in [-0.4, -0.2) is 26.1 Å². The van der Waals surface area contributed by atoms with Gasteiger partial charge in [0.1, 0.15) is 5.82 Å². The highest BCUT2D eigenvalue weighted by molar-refractivity contribution is 5.99. The van der Waals surface area contributed by atoms with E-state index in [4.69, 9.17) is 11.0 Å². The lowest BCUT2D eigenvalue weighted by Crippen LogP contribution is -2.30. The van der Waals surface area contributed by atoms with Crippen LogP contribution in [0.3, 0.4) is 0 Å². The van der Waals surface area contributed by atoms with E-state index in [0.29, 0.717) is 34.7 Å². The number of aromatic nitrogens is 4. The number of H-pyrrole nitrogens is 2. The number of hydrogen-bond acceptors (Lipinski definition) is 5. The quantitative estimate of drug-likeness (QED) is 0.310. The number of carbonyl (C=O) groups excluding carboxylic acids is 1. The van der Waals surface area contributed by atoms with Crippen molar-refractivity contribution in [3.05, 3.63) is 102 Å². The molecule has 3 aromatic carbocycles. The predicted molar refractivity (Wildman–Crippen MR) is 130 cm³/mol. The molecule has 2 heterocycles. The zero-order chi connectivity index (χ0) is 23.5. The molecule has 5 aromatic rings. The van der Waals surface area contributed by atoms with E-state index in [1.807, 2.05) is 42.5 Å². The van der Waals surface area contributed by atoms with E-state index >= 15 is 0 Å². The summed E-state index contributed by atoms with van der Waals surface area (Å²) in [5.41, 5.74) is 10.4. The molecule has 2 aromatic heterocycles. The summed E-state index contributed by atoms with van der Waals surface area (Å²) in [6.07, 6.45) is 2.30. The number of fused-ring (bicyclic) bond motifs is 1. The predicted octanol–water partition coefficient (Wildman–Crippen LogP) is 4.12. The van der Waals surface area contributed by atoms with Gasteiger partial charge in [-0.2, -0.15) is 10.4 Å². The van der Waals surface area contributed by atoms with Crippen molar-refractivity contribution in [2.45, 2.75) is 12.5 Å². The normalized spacial score (nSPS) is 11.7. The summed E-state index contributed by atoms with van der Waals surface area (Å²) in [4.78, 5) is 21.1. The van der Waals surface area contributed by atoms with Crippen molar-refractivity contribution >= 4 is 22.6 Å². The van der Waals surface area contributed by atoms with Gasteiger partial charge in [0, 0.05) is 10.9 Å². The van der Waals surface area contributed by atoms with Gasteiger partial charge in [-0.15, -0.1) is 0 Å². The van der Waals surface area contributed by atoms with Gasteiger partial charge in [0.2, 0.25) is 0 Å². The molecule has 0 aliphatic rings. The minimum atomic E-state index is -0.385. The van der Waals surface area contributed by atoms with E-state index in [-0.39, 0.29) is 11.9 Å². The van der Waals surface area contributed by atoms with Crippen LogP contribution in [0, 0.1) is 11.3 Å². The van der Waals surface area contributed by atoms with Crippen LogP contribution in [0.1, 0.15) is 33.4 Å². The molecule has 0 radical (unpaired) electrons. The molecule has 5 rings (SSSR count). The van der Waals surface area contributed by atoms with E-state index < -0.39 is 0 Å². The van der Waals surface area contributed by atoms with Gasteiger partial charge in [-0.3, -0.25) is 9.89 Å². The molecule has 0 saturated heterocycles. The molecule has 0 unspecified atom stereocenters. The third-order valence-electron chi connectivity index (χ3n) is 5.69. The fraction of sp³-hybridized carbons (Fsp3) is 0.0769. The molecular weight excluding hydrogens is 426 g/mol. The fourth-order valence-electron chi connectivity index (χ4n) is 3.87. The van der Waals surface area contributed by atoms with Crippen molar-refractivity contribution < 1.29 is 4.79 Å². The molecule has 5 N–H and O–H groups in total. The average molecular weight is 448 g/mol. The van der Waals surface area contributed by atoms with Crippen LogP contribution in [0.4, 0.5) is 5.82 Å². The molecule has 0 saturated carbocycles. The number of rotatable bonds is 6. The molecule has 0 bridgehead atoms. The van der Waals surface area contributed by atoms with Gasteiger partial charge >= 0.3 is 0 Å². The second-order valence-electron chi connectivity index (χ2n) is 7.96. The van der Waals surface area contributed by atoms with E-state index in [0.717, 1.165) is 22.2 Å². The Morgan fingerprint density at radius 3 is 2.65 bits per heavy atom. The number of hydrogen-bond donors (Lipinski definition) is 4. The Labute approximate surface area is 195 Å². The molecule has 8 heteroatoms. The zero-order valence-corrected chi connectivity index (χ0v) is 18.1. The highest BCUT2D eigenvalue weighted by Crippen LogP contribution is 2.23. The Bertz CT molecular complexity index is 1490. The lowest BCUT2D eigenvalue weighted by atomic mass is 10.0. The van der Waals surface area contributed by atoms with Crippen LogP contribution in [0.25, 0.3) is 22.2 Å². The van der Waals surface area contributed by atoms with Crippen LogP contribution < -0.4 is 11.1 Å². The summed E-state index contributed by atoms with van der Waals surface area (Å²) in [6.45, 7) is 0. The second-order valence-corrected chi connectivity index (χ2v) is 7.96. The van der Waals surface area contributed by atoms with Crippen LogP contribution >= 0.6 is 0 Å². The van der Waals surface area contributed by atoms with Crippen molar-refractivity contribution in [2.24, 2.45) is 0 Å². The fourth-order valence-corrected chi connectivity index (χ4v) is 3.87. The maximum Gasteiger partial charge on any atom is 0.251 e. The standard InChI is InChI=1S/C26H21N7O/c27-14-17-6-8-18(9-7-17)23-15-29-25(30-23)22(12-16-4-2-1-3-5-16)31-26(34)19-10-11-20-21(13-19)32-33-24(20)28/h1-11,13,15,22H,12H2,(H,29,30)(H,31,34)(H3,28,32,33)/t22-/m0/s1. The first-order chi connectivity index (χ1) is 16.6. The first-order valence-electron chi connectivity index (χ1n) is 10.7. The Morgan fingerprint density at radius 1 is 1.09 bits per heavy atom. The van der Waals surface area contributed by atoms with Gasteiger partial charge in [0.15, 0.2) is 5.82 Å². The second kappa shape index (κ2) is 8.92. The van der Waals surface area contributed by atoms with Crippen molar-refractivity contribution in [3.63, 3.8) is 0 Å². The van der Waals surface area contributed by atoms with E-state index in [2.05, 4.69) is 31.6 Å². The summed E-state index contributed by atoms with van der Waals surface area (Å²) in [5.74, 6) is 0.811. The largest absolute Gasteiger partial charge is 0.382 e. The summed E-state index contributed by atoms with van der Waals surface area (Å²) in [7, 11) is 0. The lowest BCUT2D eigenvalue weighted by Gasteiger charge is -2.17. The number of nitrogen functional groups attached to an aromatic ring is 1. The number of benzene rings is 3. The Hall–Kier alpha value is -4.90. The smallest absolute Gasteiger partial charge is 0.251 e. The summed E-state index contributed by atoms with van der Waals surface area (Å²) >= 11 is 0. The van der Waals surface area contributed by atoms with Gasteiger partial charge in [0.05, 0.1) is 35.1 Å². The number of anilines is 1. The Balaban J connectivity index is 1.43. The molecule has 0 spiro atoms. The number of imidazole rings is 1. The number of amides is 1. The first-order valence-corrected chi connectivity index (χ1v) is 10.7. The third kappa shape index (κ3) is 4.23. The third-order valence-corrected chi connectivity index (χ3v) is 5.69. The molecule has 0 aliphatic heterocycles. The maximum absolute atomic E-state index is 13.2.